The second-order valence-electron chi connectivity index (χ2n) is 12.5. The van der Waals surface area contributed by atoms with E-state index in [1.165, 1.54) is 24.3 Å². The summed E-state index contributed by atoms with van der Waals surface area (Å²) >= 11 is 0. The third-order valence-corrected chi connectivity index (χ3v) is 11.0. The number of hydrogen-bond acceptors (Lipinski definition) is 6. The molecule has 1 unspecified atom stereocenters. The average molecular weight is 686 g/mol. The van der Waals surface area contributed by atoms with Gasteiger partial charge in [0.1, 0.15) is 17.4 Å². The van der Waals surface area contributed by atoms with Crippen molar-refractivity contribution in [3.8, 4) is 22.9 Å². The molecule has 3 aromatic carbocycles. The number of nitrogens with zero attached hydrogens (tertiary/aromatic N) is 3. The molecule has 0 saturated heterocycles. The van der Waals surface area contributed by atoms with Crippen molar-refractivity contribution in [2.45, 2.75) is 44.6 Å². The van der Waals surface area contributed by atoms with E-state index in [9.17, 15) is 18.3 Å². The van der Waals surface area contributed by atoms with Crippen molar-refractivity contribution in [2.75, 3.05) is 11.5 Å². The highest BCUT2D eigenvalue weighted by Gasteiger charge is 2.34. The fraction of sp³-hybridized carbons (Fsp3) is 0.250. The van der Waals surface area contributed by atoms with Crippen LogP contribution in [0.4, 0.5) is 8.78 Å². The molecule has 0 radical (unpaired) electrons. The zero-order valence-corrected chi connectivity index (χ0v) is 27.4. The van der Waals surface area contributed by atoms with Crippen molar-refractivity contribution in [2.24, 2.45) is 0 Å². The number of nitrogens with one attached hydrogen (secondary N) is 2. The van der Waals surface area contributed by atoms with E-state index < -0.39 is 32.9 Å². The van der Waals surface area contributed by atoms with E-state index >= 15 is 8.78 Å². The number of aromatic amines is 2. The maximum Gasteiger partial charge on any atom is 0.303 e. The van der Waals surface area contributed by atoms with Crippen LogP contribution in [-0.2, 0) is 39.4 Å². The van der Waals surface area contributed by atoms with Gasteiger partial charge in [-0.3, -0.25) is 9.48 Å². The number of carboxylic acids is 1. The molecule has 1 aliphatic rings. The highest BCUT2D eigenvalue weighted by Crippen LogP contribution is 2.39. The lowest BCUT2D eigenvalue weighted by Gasteiger charge is -2.30. The number of halogens is 2. The minimum absolute atomic E-state index is 0.0402. The predicted octanol–water partition coefficient (Wildman–Crippen LogP) is 6.56. The smallest absolute Gasteiger partial charge is 0.303 e. The van der Waals surface area contributed by atoms with Crippen LogP contribution in [0, 0.1) is 11.6 Å². The molecule has 252 valence electrons. The number of sulfone groups is 1. The van der Waals surface area contributed by atoms with Crippen molar-refractivity contribution < 1.29 is 31.8 Å². The summed E-state index contributed by atoms with van der Waals surface area (Å²) < 4.78 is 66.2. The molecular formula is C36H33F2N5O5S. The molecule has 49 heavy (non-hydrogen) atoms. The van der Waals surface area contributed by atoms with Gasteiger partial charge in [-0.25, -0.2) is 22.2 Å². The van der Waals surface area contributed by atoms with Crippen molar-refractivity contribution in [3.63, 3.8) is 0 Å². The number of ether oxygens (including phenoxy) is 1. The minimum Gasteiger partial charge on any atom is -0.481 e. The SMILES string of the molecule is CC1(c2cccc(CCC(=O)O)c2)CCS(=O)(=O)CCn2nccc2Cc2c(c(F)cc3[nH]ccc23)Oc2ccc(F)c(c2)-c2ncc1[nH]2. The molecule has 10 nitrogen and oxygen atoms in total. The van der Waals surface area contributed by atoms with E-state index in [4.69, 9.17) is 4.74 Å². The highest BCUT2D eigenvalue weighted by atomic mass is 32.2. The molecule has 0 spiro atoms. The van der Waals surface area contributed by atoms with Crippen molar-refractivity contribution in [3.05, 3.63) is 119 Å². The monoisotopic (exact) mass is 685 g/mol. The molecule has 4 heterocycles. The van der Waals surface area contributed by atoms with Crippen molar-refractivity contribution >= 4 is 26.7 Å². The van der Waals surface area contributed by atoms with Crippen LogP contribution < -0.4 is 4.74 Å². The lowest BCUT2D eigenvalue weighted by atomic mass is 9.77. The van der Waals surface area contributed by atoms with Gasteiger partial charge in [0, 0.05) is 70.8 Å². The van der Waals surface area contributed by atoms with Gasteiger partial charge in [-0.1, -0.05) is 24.3 Å². The summed E-state index contributed by atoms with van der Waals surface area (Å²) in [4.78, 5) is 22.0. The van der Waals surface area contributed by atoms with E-state index in [0.29, 0.717) is 28.9 Å². The number of aromatic nitrogens is 5. The molecule has 0 amide bonds. The molecule has 3 N–H and O–H groups in total. The molecule has 1 aliphatic heterocycles. The Hall–Kier alpha value is -5.30. The summed E-state index contributed by atoms with van der Waals surface area (Å²) in [5.41, 5.74) is 2.98. The average Bonchev–Trinajstić information content (AvgIpc) is 3.86. The molecule has 0 aliphatic carbocycles. The highest BCUT2D eigenvalue weighted by molar-refractivity contribution is 7.91. The van der Waals surface area contributed by atoms with Gasteiger partial charge in [-0.2, -0.15) is 5.10 Å². The molecule has 0 fully saturated rings. The lowest BCUT2D eigenvalue weighted by Crippen LogP contribution is -2.29. The number of hydrogen-bond donors (Lipinski definition) is 3. The number of rotatable bonds is 4. The van der Waals surface area contributed by atoms with Crippen LogP contribution in [0.25, 0.3) is 22.3 Å². The summed E-state index contributed by atoms with van der Waals surface area (Å²) in [5.74, 6) is -2.17. The quantitative estimate of drug-likeness (QED) is 0.191. The molecule has 13 heteroatoms. The Morgan fingerprint density at radius 2 is 1.94 bits per heavy atom. The van der Waals surface area contributed by atoms with E-state index in [2.05, 4.69) is 20.1 Å². The lowest BCUT2D eigenvalue weighted by molar-refractivity contribution is -0.136. The topological polar surface area (TPSA) is 143 Å². The van der Waals surface area contributed by atoms with E-state index in [1.54, 1.807) is 29.3 Å². The Morgan fingerprint density at radius 1 is 1.08 bits per heavy atom. The van der Waals surface area contributed by atoms with Gasteiger partial charge in [-0.15, -0.1) is 0 Å². The first-order valence-corrected chi connectivity index (χ1v) is 17.7. The summed E-state index contributed by atoms with van der Waals surface area (Å²) in [6.45, 7) is 1.97. The number of fused-ring (bicyclic) bond motifs is 9. The van der Waals surface area contributed by atoms with Gasteiger partial charge in [0.05, 0.1) is 23.6 Å². The van der Waals surface area contributed by atoms with E-state index in [-0.39, 0.29) is 60.2 Å². The standard InChI is InChI=1S/C36H33F2N5O5S/c1-36(23-4-2-3-22(17-23)5-8-33(44)45)11-15-49(46,47)16-14-43-24(9-13-41-43)18-27-26-10-12-39-31(26)20-30(38)34(27)48-25-6-7-29(37)28(19-25)35-40-21-32(36)42-35/h2-4,6-7,9-10,12-13,17,19-21,39H,5,8,11,14-16,18H2,1H3,(H,40,42)(H,44,45). The Bertz CT molecular complexity index is 2310. The van der Waals surface area contributed by atoms with Crippen molar-refractivity contribution in [1.29, 1.82) is 0 Å². The first-order chi connectivity index (χ1) is 23.5. The van der Waals surface area contributed by atoms with Gasteiger partial charge in [0.15, 0.2) is 21.4 Å². The summed E-state index contributed by atoms with van der Waals surface area (Å²) in [5, 5.41) is 14.3. The minimum atomic E-state index is -3.63. The molecular weight excluding hydrogens is 652 g/mol. The summed E-state index contributed by atoms with van der Waals surface area (Å²) in [7, 11) is -3.63. The first-order valence-electron chi connectivity index (χ1n) is 15.8. The number of carbonyl (C=O) groups is 1. The molecule has 0 saturated carbocycles. The normalized spacial score (nSPS) is 17.8. The van der Waals surface area contributed by atoms with Crippen LogP contribution in [-0.4, -0.2) is 55.7 Å². The molecule has 6 aromatic rings. The second kappa shape index (κ2) is 12.6. The summed E-state index contributed by atoms with van der Waals surface area (Å²) in [6.07, 6.45) is 5.43. The predicted molar refractivity (Wildman–Crippen MR) is 179 cm³/mol. The fourth-order valence-electron chi connectivity index (χ4n) is 6.45. The molecule has 7 rings (SSSR count). The van der Waals surface area contributed by atoms with Crippen LogP contribution in [0.5, 0.6) is 11.5 Å². The fourth-order valence-corrected chi connectivity index (χ4v) is 7.83. The molecule has 1 atom stereocenters. The number of aryl methyl sites for hydroxylation is 2. The number of carboxylic acid groups (broad SMARTS) is 1. The Morgan fingerprint density at radius 3 is 2.78 bits per heavy atom. The number of benzene rings is 3. The van der Waals surface area contributed by atoms with E-state index in [1.807, 2.05) is 37.3 Å². The van der Waals surface area contributed by atoms with Crippen LogP contribution in [0.1, 0.15) is 47.8 Å². The third kappa shape index (κ3) is 6.45. The number of imidazole rings is 1. The summed E-state index contributed by atoms with van der Waals surface area (Å²) in [6, 6.07) is 16.4. The van der Waals surface area contributed by atoms with E-state index in [0.717, 1.165) is 16.5 Å². The van der Waals surface area contributed by atoms with Gasteiger partial charge in [0.25, 0.3) is 0 Å². The maximum absolute atomic E-state index is 15.7. The van der Waals surface area contributed by atoms with Crippen LogP contribution >= 0.6 is 0 Å². The van der Waals surface area contributed by atoms with Crippen molar-refractivity contribution in [1.82, 2.24) is 24.7 Å². The Balaban J connectivity index is 1.37. The van der Waals surface area contributed by atoms with Gasteiger partial charge >= 0.3 is 5.97 Å². The Kier molecular flexibility index (Phi) is 8.31. The zero-order chi connectivity index (χ0) is 34.3. The maximum atomic E-state index is 15.7. The molecule has 4 bridgehead atoms. The van der Waals surface area contributed by atoms with Gasteiger partial charge in [-0.05, 0) is 61.2 Å². The van der Waals surface area contributed by atoms with Crippen LogP contribution in [0.3, 0.4) is 0 Å². The molecule has 3 aromatic heterocycles. The number of aliphatic carboxylic acids is 1. The third-order valence-electron chi connectivity index (χ3n) is 9.33. The number of H-pyrrole nitrogens is 2. The zero-order valence-electron chi connectivity index (χ0n) is 26.5. The largest absolute Gasteiger partial charge is 0.481 e. The van der Waals surface area contributed by atoms with Gasteiger partial charge in [0.2, 0.25) is 0 Å². The Labute approximate surface area is 280 Å². The van der Waals surface area contributed by atoms with Gasteiger partial charge < -0.3 is 19.8 Å². The van der Waals surface area contributed by atoms with Crippen LogP contribution in [0.15, 0.2) is 79.3 Å². The first kappa shape index (κ1) is 32.3. The second-order valence-corrected chi connectivity index (χ2v) is 14.8. The van der Waals surface area contributed by atoms with Crippen LogP contribution in [0.2, 0.25) is 0 Å².